The molecule has 1 aliphatic rings. The Balaban J connectivity index is 1.87. The van der Waals surface area contributed by atoms with Crippen LogP contribution in [0.3, 0.4) is 0 Å². The molecule has 4 nitrogen and oxygen atoms in total. The summed E-state index contributed by atoms with van der Waals surface area (Å²) in [5.41, 5.74) is 8.43. The number of ether oxygens (including phenoxy) is 2. The molecule has 0 unspecified atom stereocenters. The fourth-order valence-corrected chi connectivity index (χ4v) is 2.08. The van der Waals surface area contributed by atoms with Crippen LogP contribution in [-0.2, 0) is 6.42 Å². The maximum atomic E-state index is 5.71. The number of nitrogens with two attached hydrogens (primary N) is 1. The number of nitrogens with one attached hydrogen (secondary N) is 1. The number of fused-ring (bicyclic) bond motifs is 1. The van der Waals surface area contributed by atoms with Crippen LogP contribution in [0.15, 0.2) is 12.1 Å². The first-order valence-electron chi connectivity index (χ1n) is 6.82. The van der Waals surface area contributed by atoms with Crippen molar-refractivity contribution in [1.29, 1.82) is 0 Å². The van der Waals surface area contributed by atoms with E-state index >= 15 is 0 Å². The van der Waals surface area contributed by atoms with Crippen LogP contribution < -0.4 is 20.5 Å². The second kappa shape index (κ2) is 5.80. The minimum absolute atomic E-state index is 0.157. The lowest BCUT2D eigenvalue weighted by molar-refractivity contribution is 0.174. The van der Waals surface area contributed by atoms with Gasteiger partial charge in [-0.25, -0.2) is 0 Å². The zero-order valence-corrected chi connectivity index (χ0v) is 12.1. The number of aryl methyl sites for hydroxylation is 1. The van der Waals surface area contributed by atoms with E-state index in [1.165, 1.54) is 11.1 Å². The van der Waals surface area contributed by atoms with Gasteiger partial charge in [-0.2, -0.15) is 0 Å². The smallest absolute Gasteiger partial charge is 0.231 e. The monoisotopic (exact) mass is 264 g/mol. The molecule has 0 bridgehead atoms. The van der Waals surface area contributed by atoms with Gasteiger partial charge in [-0.15, -0.1) is 0 Å². The number of benzene rings is 1. The van der Waals surface area contributed by atoms with E-state index in [4.69, 9.17) is 15.2 Å². The Kier molecular flexibility index (Phi) is 4.32. The van der Waals surface area contributed by atoms with Gasteiger partial charge in [0.05, 0.1) is 0 Å². The molecule has 0 fully saturated rings. The summed E-state index contributed by atoms with van der Waals surface area (Å²) in [7, 11) is 0. The van der Waals surface area contributed by atoms with Gasteiger partial charge in [-0.3, -0.25) is 0 Å². The lowest BCUT2D eigenvalue weighted by atomic mass is 9.94. The molecule has 4 heteroatoms. The number of hydrogen-bond acceptors (Lipinski definition) is 4. The first-order chi connectivity index (χ1) is 9.02. The molecule has 0 spiro atoms. The third-order valence-corrected chi connectivity index (χ3v) is 3.56. The largest absolute Gasteiger partial charge is 0.454 e. The molecular formula is C15H24N2O2. The predicted molar refractivity (Wildman–Crippen MR) is 76.7 cm³/mol. The van der Waals surface area contributed by atoms with Crippen molar-refractivity contribution >= 4 is 0 Å². The standard InChI is InChI=1S/C15H24N2O2/c1-11-6-13-14(19-10-18-13)7-12(11)4-5-17-9-15(2,3)8-16/h6-7,17H,4-5,8-10,16H2,1-3H3. The van der Waals surface area contributed by atoms with Gasteiger partial charge in [-0.1, -0.05) is 13.8 Å². The summed E-state index contributed by atoms with van der Waals surface area (Å²) in [6.45, 7) is 9.37. The van der Waals surface area contributed by atoms with E-state index in [9.17, 15) is 0 Å². The average molecular weight is 264 g/mol. The van der Waals surface area contributed by atoms with Crippen molar-refractivity contribution in [3.8, 4) is 11.5 Å². The molecule has 0 atom stereocenters. The van der Waals surface area contributed by atoms with Crippen LogP contribution in [0, 0.1) is 12.3 Å². The summed E-state index contributed by atoms with van der Waals surface area (Å²) in [5.74, 6) is 1.72. The average Bonchev–Trinajstić information content (AvgIpc) is 2.81. The van der Waals surface area contributed by atoms with Gasteiger partial charge in [0.15, 0.2) is 11.5 Å². The molecule has 0 saturated carbocycles. The second-order valence-corrected chi connectivity index (χ2v) is 5.93. The molecule has 0 aliphatic carbocycles. The van der Waals surface area contributed by atoms with E-state index in [1.807, 2.05) is 0 Å². The van der Waals surface area contributed by atoms with E-state index in [1.54, 1.807) is 0 Å². The Morgan fingerprint density at radius 3 is 2.63 bits per heavy atom. The molecular weight excluding hydrogens is 240 g/mol. The number of hydrogen-bond donors (Lipinski definition) is 2. The Labute approximate surface area is 115 Å². The van der Waals surface area contributed by atoms with Crippen molar-refractivity contribution in [2.24, 2.45) is 11.1 Å². The Bertz CT molecular complexity index is 444. The summed E-state index contributed by atoms with van der Waals surface area (Å²) in [6.07, 6.45) is 0.989. The van der Waals surface area contributed by atoms with Crippen molar-refractivity contribution in [2.75, 3.05) is 26.4 Å². The van der Waals surface area contributed by atoms with Gasteiger partial charge >= 0.3 is 0 Å². The van der Waals surface area contributed by atoms with Gasteiger partial charge in [0.1, 0.15) is 0 Å². The topological polar surface area (TPSA) is 56.5 Å². The maximum Gasteiger partial charge on any atom is 0.231 e. The molecule has 1 aliphatic heterocycles. The van der Waals surface area contributed by atoms with E-state index in [-0.39, 0.29) is 5.41 Å². The van der Waals surface area contributed by atoms with E-state index < -0.39 is 0 Å². The van der Waals surface area contributed by atoms with Gasteiger partial charge < -0.3 is 20.5 Å². The first kappa shape index (κ1) is 14.2. The minimum Gasteiger partial charge on any atom is -0.454 e. The summed E-state index contributed by atoms with van der Waals surface area (Å²) < 4.78 is 10.8. The molecule has 3 N–H and O–H groups in total. The van der Waals surface area contributed by atoms with Crippen molar-refractivity contribution in [2.45, 2.75) is 27.2 Å². The lowest BCUT2D eigenvalue weighted by Gasteiger charge is -2.22. The zero-order valence-electron chi connectivity index (χ0n) is 12.1. The van der Waals surface area contributed by atoms with Gasteiger partial charge in [0, 0.05) is 6.54 Å². The van der Waals surface area contributed by atoms with Crippen LogP contribution in [0.2, 0.25) is 0 Å². The van der Waals surface area contributed by atoms with Crippen LogP contribution in [0.5, 0.6) is 11.5 Å². The van der Waals surface area contributed by atoms with E-state index in [2.05, 4.69) is 38.2 Å². The Morgan fingerprint density at radius 2 is 1.95 bits per heavy atom. The van der Waals surface area contributed by atoms with Crippen LogP contribution >= 0.6 is 0 Å². The SMILES string of the molecule is Cc1cc2c(cc1CCNCC(C)(C)CN)OCO2. The van der Waals surface area contributed by atoms with Crippen LogP contribution in [-0.4, -0.2) is 26.4 Å². The molecule has 106 valence electrons. The molecule has 19 heavy (non-hydrogen) atoms. The highest BCUT2D eigenvalue weighted by Crippen LogP contribution is 2.34. The predicted octanol–water partition coefficient (Wildman–Crippen LogP) is 1.84. The van der Waals surface area contributed by atoms with Gasteiger partial charge in [0.25, 0.3) is 0 Å². The second-order valence-electron chi connectivity index (χ2n) is 5.93. The molecule has 0 saturated heterocycles. The lowest BCUT2D eigenvalue weighted by Crippen LogP contribution is -2.36. The van der Waals surface area contributed by atoms with E-state index in [0.717, 1.165) is 31.0 Å². The third kappa shape index (κ3) is 3.61. The summed E-state index contributed by atoms with van der Waals surface area (Å²) >= 11 is 0. The third-order valence-electron chi connectivity index (χ3n) is 3.56. The molecule has 0 amide bonds. The van der Waals surface area contributed by atoms with Crippen molar-refractivity contribution in [3.05, 3.63) is 23.3 Å². The highest BCUT2D eigenvalue weighted by molar-refractivity contribution is 5.48. The summed E-state index contributed by atoms with van der Waals surface area (Å²) in [6, 6.07) is 4.15. The Hall–Kier alpha value is -1.26. The Morgan fingerprint density at radius 1 is 1.26 bits per heavy atom. The fraction of sp³-hybridized carbons (Fsp3) is 0.600. The van der Waals surface area contributed by atoms with Gasteiger partial charge in [0.2, 0.25) is 6.79 Å². The normalized spacial score (nSPS) is 13.9. The quantitative estimate of drug-likeness (QED) is 0.770. The van der Waals surface area contributed by atoms with Crippen molar-refractivity contribution in [1.82, 2.24) is 5.32 Å². The van der Waals surface area contributed by atoms with Crippen LogP contribution in [0.25, 0.3) is 0 Å². The molecule has 1 aromatic carbocycles. The van der Waals surface area contributed by atoms with Crippen LogP contribution in [0.4, 0.5) is 0 Å². The highest BCUT2D eigenvalue weighted by atomic mass is 16.7. The summed E-state index contributed by atoms with van der Waals surface area (Å²) in [5, 5.41) is 3.47. The van der Waals surface area contributed by atoms with Gasteiger partial charge in [-0.05, 0) is 55.1 Å². The maximum absolute atomic E-state index is 5.71. The fourth-order valence-electron chi connectivity index (χ4n) is 2.08. The minimum atomic E-state index is 0.157. The molecule has 2 rings (SSSR count). The summed E-state index contributed by atoms with van der Waals surface area (Å²) in [4.78, 5) is 0. The van der Waals surface area contributed by atoms with E-state index in [0.29, 0.717) is 13.3 Å². The van der Waals surface area contributed by atoms with Crippen LogP contribution in [0.1, 0.15) is 25.0 Å². The molecule has 0 aromatic heterocycles. The molecule has 1 aromatic rings. The van der Waals surface area contributed by atoms with Crippen molar-refractivity contribution in [3.63, 3.8) is 0 Å². The molecule has 1 heterocycles. The first-order valence-corrected chi connectivity index (χ1v) is 6.82. The molecule has 0 radical (unpaired) electrons. The van der Waals surface area contributed by atoms with Crippen molar-refractivity contribution < 1.29 is 9.47 Å². The highest BCUT2D eigenvalue weighted by Gasteiger charge is 2.16. The zero-order chi connectivity index (χ0) is 13.9. The number of rotatable bonds is 6.